The van der Waals surface area contributed by atoms with Gasteiger partial charge in [-0.15, -0.1) is 0 Å². The molecule has 0 saturated heterocycles. The summed E-state index contributed by atoms with van der Waals surface area (Å²) in [6.45, 7) is 2.25. The Morgan fingerprint density at radius 3 is 2.32 bits per heavy atom. The number of methoxy groups -OCH3 is 1. The van der Waals surface area contributed by atoms with Crippen LogP contribution in [0.25, 0.3) is 6.08 Å². The van der Waals surface area contributed by atoms with Gasteiger partial charge in [0.2, 0.25) is 0 Å². The molecule has 2 heterocycles. The molecule has 0 aliphatic carbocycles. The van der Waals surface area contributed by atoms with Gasteiger partial charge in [0.15, 0.2) is 4.80 Å². The van der Waals surface area contributed by atoms with Crippen molar-refractivity contribution in [2.45, 2.75) is 19.6 Å². The first-order valence-corrected chi connectivity index (χ1v) is 14.7. The number of rotatable bonds is 6. The molecule has 6 nitrogen and oxygen atoms in total. The summed E-state index contributed by atoms with van der Waals surface area (Å²) in [7, 11) is 1.34. The maximum atomic E-state index is 13.7. The summed E-state index contributed by atoms with van der Waals surface area (Å²) in [6, 6.07) is 22.9. The first kappa shape index (κ1) is 26.8. The van der Waals surface area contributed by atoms with Crippen LogP contribution in [0.5, 0.6) is 5.75 Å². The van der Waals surface area contributed by atoms with E-state index in [2.05, 4.69) is 50.2 Å². The van der Waals surface area contributed by atoms with E-state index < -0.39 is 12.0 Å². The largest absolute Gasteiger partial charge is 0.487 e. The molecule has 0 bridgehead atoms. The summed E-state index contributed by atoms with van der Waals surface area (Å²) >= 11 is 5.84. The SMILES string of the molecule is COC(=O)C1=C(C)N=c2s/c(=C\c3cc(I)c(OCc4ccccc4)c(I)c3)c(=O)n2[C@H]1c1ccccc1. The molecule has 4 aromatic rings. The minimum atomic E-state index is -0.615. The van der Waals surface area contributed by atoms with Crippen LogP contribution < -0.4 is 19.6 Å². The highest BCUT2D eigenvalue weighted by Crippen LogP contribution is 2.31. The molecule has 1 aromatic heterocycles. The predicted molar refractivity (Wildman–Crippen MR) is 165 cm³/mol. The van der Waals surface area contributed by atoms with E-state index in [0.717, 1.165) is 29.6 Å². The van der Waals surface area contributed by atoms with Gasteiger partial charge in [-0.1, -0.05) is 72.0 Å². The second kappa shape index (κ2) is 11.5. The van der Waals surface area contributed by atoms with E-state index in [-0.39, 0.29) is 5.56 Å². The molecule has 192 valence electrons. The van der Waals surface area contributed by atoms with Gasteiger partial charge in [-0.05, 0) is 87.0 Å². The van der Waals surface area contributed by atoms with Crippen LogP contribution in [0.15, 0.2) is 93.9 Å². The molecule has 1 aliphatic rings. The van der Waals surface area contributed by atoms with Crippen molar-refractivity contribution in [2.24, 2.45) is 4.99 Å². The van der Waals surface area contributed by atoms with Crippen molar-refractivity contribution in [3.8, 4) is 5.75 Å². The maximum Gasteiger partial charge on any atom is 0.338 e. The molecule has 0 N–H and O–H groups in total. The molecule has 5 rings (SSSR count). The van der Waals surface area contributed by atoms with Crippen LogP contribution in [0.1, 0.15) is 29.7 Å². The van der Waals surface area contributed by atoms with Crippen LogP contribution in [0, 0.1) is 7.14 Å². The van der Waals surface area contributed by atoms with Crippen molar-refractivity contribution in [3.63, 3.8) is 0 Å². The summed E-state index contributed by atoms with van der Waals surface area (Å²) in [5.41, 5.74) is 3.50. The van der Waals surface area contributed by atoms with E-state index in [4.69, 9.17) is 9.47 Å². The Bertz CT molecular complexity index is 1700. The summed E-state index contributed by atoms with van der Waals surface area (Å²) in [5, 5.41) is 0. The first-order chi connectivity index (χ1) is 18.4. The number of hydrogen-bond donors (Lipinski definition) is 0. The average molecular weight is 748 g/mol. The number of ether oxygens (including phenoxy) is 2. The third-order valence-electron chi connectivity index (χ3n) is 6.09. The number of nitrogens with zero attached hydrogens (tertiary/aromatic N) is 2. The van der Waals surface area contributed by atoms with E-state index in [1.807, 2.05) is 78.9 Å². The fourth-order valence-corrected chi connectivity index (χ4v) is 7.50. The maximum absolute atomic E-state index is 13.7. The van der Waals surface area contributed by atoms with Gasteiger partial charge in [-0.2, -0.15) is 0 Å². The van der Waals surface area contributed by atoms with E-state index >= 15 is 0 Å². The monoisotopic (exact) mass is 748 g/mol. The van der Waals surface area contributed by atoms with Crippen molar-refractivity contribution in [2.75, 3.05) is 7.11 Å². The second-order valence-corrected chi connectivity index (χ2v) is 11.9. The second-order valence-electron chi connectivity index (χ2n) is 8.57. The molecule has 1 atom stereocenters. The number of allylic oxidation sites excluding steroid dienone is 1. The number of halogens is 2. The number of esters is 1. The molecule has 0 unspecified atom stereocenters. The van der Waals surface area contributed by atoms with Gasteiger partial charge in [0, 0.05) is 0 Å². The Labute approximate surface area is 250 Å². The lowest BCUT2D eigenvalue weighted by Gasteiger charge is -2.24. The molecule has 0 spiro atoms. The van der Waals surface area contributed by atoms with Gasteiger partial charge in [0.25, 0.3) is 5.56 Å². The van der Waals surface area contributed by atoms with Gasteiger partial charge in [-0.25, -0.2) is 9.79 Å². The van der Waals surface area contributed by atoms with Crippen LogP contribution >= 0.6 is 56.5 Å². The van der Waals surface area contributed by atoms with Gasteiger partial charge >= 0.3 is 5.97 Å². The lowest BCUT2D eigenvalue weighted by atomic mass is 9.96. The zero-order valence-corrected chi connectivity index (χ0v) is 25.6. The number of hydrogen-bond acceptors (Lipinski definition) is 6. The van der Waals surface area contributed by atoms with Crippen LogP contribution in [-0.2, 0) is 16.1 Å². The molecule has 0 saturated carbocycles. The summed E-state index contributed by atoms with van der Waals surface area (Å²) in [6.07, 6.45) is 1.87. The third-order valence-corrected chi connectivity index (χ3v) is 8.67. The topological polar surface area (TPSA) is 69.9 Å². The van der Waals surface area contributed by atoms with Crippen LogP contribution in [0.3, 0.4) is 0 Å². The standard InChI is InChI=1S/C29H22I2N2O4S/c1-17-24(28(35)36-2)25(20-11-7-4-8-12-20)33-27(34)23(38-29(33)32-17)15-19-13-21(30)26(22(31)14-19)37-16-18-9-5-3-6-10-18/h3-15,25H,16H2,1-2H3/b23-15-/t25-/m0/s1. The molecule has 9 heteroatoms. The van der Waals surface area contributed by atoms with Crippen molar-refractivity contribution < 1.29 is 14.3 Å². The average Bonchev–Trinajstić information content (AvgIpc) is 3.22. The normalized spacial score (nSPS) is 15.2. The van der Waals surface area contributed by atoms with Crippen LogP contribution in [-0.4, -0.2) is 17.6 Å². The van der Waals surface area contributed by atoms with E-state index in [0.29, 0.717) is 27.2 Å². The van der Waals surface area contributed by atoms with Gasteiger partial charge < -0.3 is 9.47 Å². The van der Waals surface area contributed by atoms with Crippen molar-refractivity contribution >= 4 is 68.6 Å². The zero-order valence-electron chi connectivity index (χ0n) is 20.5. The Balaban J connectivity index is 1.56. The zero-order chi connectivity index (χ0) is 26.8. The first-order valence-electron chi connectivity index (χ1n) is 11.7. The van der Waals surface area contributed by atoms with Gasteiger partial charge in [-0.3, -0.25) is 9.36 Å². The van der Waals surface area contributed by atoms with E-state index in [1.54, 1.807) is 11.5 Å². The number of carbonyl (C=O) groups excluding carboxylic acids is 1. The Morgan fingerprint density at radius 2 is 1.68 bits per heavy atom. The Hall–Kier alpha value is -2.77. The van der Waals surface area contributed by atoms with E-state index in [9.17, 15) is 9.59 Å². The van der Waals surface area contributed by atoms with Crippen LogP contribution in [0.4, 0.5) is 0 Å². The fourth-order valence-electron chi connectivity index (χ4n) is 4.33. The highest BCUT2D eigenvalue weighted by molar-refractivity contribution is 14.1. The fraction of sp³-hybridized carbons (Fsp3) is 0.138. The summed E-state index contributed by atoms with van der Waals surface area (Å²) < 4.78 is 15.2. The molecule has 0 amide bonds. The third kappa shape index (κ3) is 5.36. The smallest absolute Gasteiger partial charge is 0.338 e. The van der Waals surface area contributed by atoms with Crippen LogP contribution in [0.2, 0.25) is 0 Å². The number of aromatic nitrogens is 1. The summed E-state index contributed by atoms with van der Waals surface area (Å²) in [4.78, 5) is 31.7. The molecule has 38 heavy (non-hydrogen) atoms. The van der Waals surface area contributed by atoms with Crippen molar-refractivity contribution in [1.82, 2.24) is 4.57 Å². The molecule has 1 aliphatic heterocycles. The minimum absolute atomic E-state index is 0.203. The molecule has 3 aromatic carbocycles. The summed E-state index contributed by atoms with van der Waals surface area (Å²) in [5.74, 6) is 0.320. The number of benzene rings is 3. The lowest BCUT2D eigenvalue weighted by Crippen LogP contribution is -2.39. The Kier molecular flexibility index (Phi) is 8.15. The highest BCUT2D eigenvalue weighted by Gasteiger charge is 2.32. The molecular formula is C29H22I2N2O4S. The lowest BCUT2D eigenvalue weighted by molar-refractivity contribution is -0.136. The number of carbonyl (C=O) groups is 1. The van der Waals surface area contributed by atoms with Crippen molar-refractivity contribution in [3.05, 3.63) is 128 Å². The minimum Gasteiger partial charge on any atom is -0.487 e. The Morgan fingerprint density at radius 1 is 1.05 bits per heavy atom. The molecular weight excluding hydrogens is 726 g/mol. The number of thiazole rings is 1. The molecule has 0 fully saturated rings. The van der Waals surface area contributed by atoms with Crippen molar-refractivity contribution in [1.29, 1.82) is 0 Å². The van der Waals surface area contributed by atoms with E-state index in [1.165, 1.54) is 18.4 Å². The number of fused-ring (bicyclic) bond motifs is 1. The quantitative estimate of drug-likeness (QED) is 0.201. The van der Waals surface area contributed by atoms with Gasteiger partial charge in [0.05, 0.1) is 36.1 Å². The molecule has 0 radical (unpaired) electrons. The highest BCUT2D eigenvalue weighted by atomic mass is 127. The predicted octanol–water partition coefficient (Wildman–Crippen LogP) is 5.20. The van der Waals surface area contributed by atoms with Gasteiger partial charge in [0.1, 0.15) is 12.4 Å².